The van der Waals surface area contributed by atoms with Crippen molar-refractivity contribution in [2.45, 2.75) is 25.8 Å². The SMILES string of the molecule is CCCc1cccc(C(NC)c2cccc(F)c2)c1. The molecule has 0 radical (unpaired) electrons. The maximum atomic E-state index is 13.4. The molecule has 0 saturated carbocycles. The van der Waals surface area contributed by atoms with E-state index in [2.05, 4.69) is 36.5 Å². The topological polar surface area (TPSA) is 12.0 Å². The Balaban J connectivity index is 2.33. The van der Waals surface area contributed by atoms with Crippen molar-refractivity contribution in [1.82, 2.24) is 5.32 Å². The molecule has 0 aliphatic rings. The fraction of sp³-hybridized carbons (Fsp3) is 0.294. The summed E-state index contributed by atoms with van der Waals surface area (Å²) < 4.78 is 13.4. The largest absolute Gasteiger partial charge is 0.309 e. The normalized spacial score (nSPS) is 12.4. The summed E-state index contributed by atoms with van der Waals surface area (Å²) in [6.45, 7) is 2.18. The number of hydrogen-bond acceptors (Lipinski definition) is 1. The van der Waals surface area contributed by atoms with E-state index in [1.165, 1.54) is 17.2 Å². The fourth-order valence-corrected chi connectivity index (χ4v) is 2.43. The summed E-state index contributed by atoms with van der Waals surface area (Å²) in [7, 11) is 1.90. The van der Waals surface area contributed by atoms with Crippen molar-refractivity contribution >= 4 is 0 Å². The predicted octanol–water partition coefficient (Wildman–Crippen LogP) is 4.09. The van der Waals surface area contributed by atoms with Crippen LogP contribution in [0.1, 0.15) is 36.1 Å². The second kappa shape index (κ2) is 6.48. The van der Waals surface area contributed by atoms with Crippen LogP contribution in [0, 0.1) is 5.82 Å². The van der Waals surface area contributed by atoms with Gasteiger partial charge in [-0.3, -0.25) is 0 Å². The highest BCUT2D eigenvalue weighted by Gasteiger charge is 2.12. The van der Waals surface area contributed by atoms with Gasteiger partial charge in [0, 0.05) is 0 Å². The highest BCUT2D eigenvalue weighted by Crippen LogP contribution is 2.23. The molecule has 2 heteroatoms. The van der Waals surface area contributed by atoms with Gasteiger partial charge in [-0.2, -0.15) is 0 Å². The zero-order valence-corrected chi connectivity index (χ0v) is 11.5. The van der Waals surface area contributed by atoms with Crippen LogP contribution < -0.4 is 5.32 Å². The van der Waals surface area contributed by atoms with Crippen molar-refractivity contribution < 1.29 is 4.39 Å². The second-order valence-electron chi connectivity index (χ2n) is 4.77. The first-order valence-corrected chi connectivity index (χ1v) is 6.76. The first-order chi connectivity index (χ1) is 9.24. The third kappa shape index (κ3) is 3.42. The van der Waals surface area contributed by atoms with Crippen LogP contribution in [-0.4, -0.2) is 7.05 Å². The van der Waals surface area contributed by atoms with Crippen molar-refractivity contribution in [3.8, 4) is 0 Å². The van der Waals surface area contributed by atoms with Crippen molar-refractivity contribution in [2.24, 2.45) is 0 Å². The summed E-state index contributed by atoms with van der Waals surface area (Å²) in [4.78, 5) is 0. The Morgan fingerprint density at radius 3 is 2.37 bits per heavy atom. The lowest BCUT2D eigenvalue weighted by Crippen LogP contribution is -2.17. The molecule has 0 spiro atoms. The van der Waals surface area contributed by atoms with Gasteiger partial charge in [-0.25, -0.2) is 4.39 Å². The van der Waals surface area contributed by atoms with Crippen molar-refractivity contribution in [3.05, 3.63) is 71.0 Å². The molecule has 1 nitrogen and oxygen atoms in total. The first kappa shape index (κ1) is 13.8. The van der Waals surface area contributed by atoms with Gasteiger partial charge in [0.25, 0.3) is 0 Å². The van der Waals surface area contributed by atoms with Gasteiger partial charge in [0.15, 0.2) is 0 Å². The molecular weight excluding hydrogens is 237 g/mol. The van der Waals surface area contributed by atoms with E-state index in [-0.39, 0.29) is 11.9 Å². The van der Waals surface area contributed by atoms with E-state index in [0.29, 0.717) is 0 Å². The molecule has 0 aliphatic carbocycles. The minimum absolute atomic E-state index is 0.0347. The van der Waals surface area contributed by atoms with Crippen molar-refractivity contribution in [3.63, 3.8) is 0 Å². The summed E-state index contributed by atoms with van der Waals surface area (Å²) in [5.41, 5.74) is 3.46. The van der Waals surface area contributed by atoms with Gasteiger partial charge in [0.2, 0.25) is 0 Å². The average molecular weight is 257 g/mol. The molecule has 2 aromatic carbocycles. The van der Waals surface area contributed by atoms with E-state index in [1.807, 2.05) is 13.1 Å². The lowest BCUT2D eigenvalue weighted by atomic mass is 9.96. The van der Waals surface area contributed by atoms with E-state index < -0.39 is 0 Å². The van der Waals surface area contributed by atoms with Crippen molar-refractivity contribution in [2.75, 3.05) is 7.05 Å². The Labute approximate surface area is 114 Å². The molecule has 100 valence electrons. The van der Waals surface area contributed by atoms with Crippen LogP contribution in [0.4, 0.5) is 4.39 Å². The summed E-state index contributed by atoms with van der Waals surface area (Å²) in [6.07, 6.45) is 2.21. The maximum Gasteiger partial charge on any atom is 0.123 e. The molecule has 1 atom stereocenters. The summed E-state index contributed by atoms with van der Waals surface area (Å²) in [5.74, 6) is -0.192. The molecule has 0 aromatic heterocycles. The highest BCUT2D eigenvalue weighted by molar-refractivity contribution is 5.34. The van der Waals surface area contributed by atoms with Gasteiger partial charge in [-0.05, 0) is 42.3 Å². The van der Waals surface area contributed by atoms with E-state index in [9.17, 15) is 4.39 Å². The second-order valence-corrected chi connectivity index (χ2v) is 4.77. The third-order valence-corrected chi connectivity index (χ3v) is 3.29. The first-order valence-electron chi connectivity index (χ1n) is 6.76. The van der Waals surface area contributed by atoms with Gasteiger partial charge in [0.05, 0.1) is 6.04 Å². The van der Waals surface area contributed by atoms with E-state index in [4.69, 9.17) is 0 Å². The Kier molecular flexibility index (Phi) is 4.69. The molecule has 2 rings (SSSR count). The van der Waals surface area contributed by atoms with Crippen LogP contribution in [0.2, 0.25) is 0 Å². The summed E-state index contributed by atoms with van der Waals surface area (Å²) >= 11 is 0. The maximum absolute atomic E-state index is 13.4. The monoisotopic (exact) mass is 257 g/mol. The molecule has 1 unspecified atom stereocenters. The third-order valence-electron chi connectivity index (χ3n) is 3.29. The van der Waals surface area contributed by atoms with Crippen LogP contribution in [0.5, 0.6) is 0 Å². The number of halogens is 1. The van der Waals surface area contributed by atoms with Gasteiger partial charge in [-0.1, -0.05) is 49.7 Å². The molecule has 19 heavy (non-hydrogen) atoms. The van der Waals surface area contributed by atoms with Crippen LogP contribution in [0.25, 0.3) is 0 Å². The van der Waals surface area contributed by atoms with Crippen LogP contribution in [0.15, 0.2) is 48.5 Å². The minimum Gasteiger partial charge on any atom is -0.309 e. The smallest absolute Gasteiger partial charge is 0.123 e. The summed E-state index contributed by atoms with van der Waals surface area (Å²) in [6, 6.07) is 15.3. The number of aryl methyl sites for hydroxylation is 1. The molecule has 0 bridgehead atoms. The Hall–Kier alpha value is -1.67. The number of nitrogens with one attached hydrogen (secondary N) is 1. The Bertz CT molecular complexity index is 536. The van der Waals surface area contributed by atoms with Crippen LogP contribution in [0.3, 0.4) is 0 Å². The van der Waals surface area contributed by atoms with Crippen molar-refractivity contribution in [1.29, 1.82) is 0 Å². The average Bonchev–Trinajstić information content (AvgIpc) is 2.41. The minimum atomic E-state index is -0.192. The molecule has 1 N–H and O–H groups in total. The molecule has 0 saturated heterocycles. The van der Waals surface area contributed by atoms with Crippen LogP contribution in [-0.2, 0) is 6.42 Å². The van der Waals surface area contributed by atoms with Gasteiger partial charge in [0.1, 0.15) is 5.82 Å². The van der Waals surface area contributed by atoms with Gasteiger partial charge >= 0.3 is 0 Å². The molecule has 2 aromatic rings. The van der Waals surface area contributed by atoms with Crippen LogP contribution >= 0.6 is 0 Å². The highest BCUT2D eigenvalue weighted by atomic mass is 19.1. The van der Waals surface area contributed by atoms with E-state index in [1.54, 1.807) is 12.1 Å². The van der Waals surface area contributed by atoms with Gasteiger partial charge in [-0.15, -0.1) is 0 Å². The number of hydrogen-bond donors (Lipinski definition) is 1. The number of rotatable bonds is 5. The zero-order valence-electron chi connectivity index (χ0n) is 11.5. The summed E-state index contributed by atoms with van der Waals surface area (Å²) in [5, 5.41) is 3.26. The number of benzene rings is 2. The Morgan fingerprint density at radius 2 is 1.74 bits per heavy atom. The molecule has 0 aliphatic heterocycles. The standard InChI is InChI=1S/C17H20FN/c1-3-6-13-7-4-8-14(11-13)17(19-2)15-9-5-10-16(18)12-15/h4-5,7-12,17,19H,3,6H2,1-2H3. The lowest BCUT2D eigenvalue weighted by Gasteiger charge is -2.18. The molecule has 0 amide bonds. The van der Waals surface area contributed by atoms with E-state index >= 15 is 0 Å². The van der Waals surface area contributed by atoms with Gasteiger partial charge < -0.3 is 5.32 Å². The predicted molar refractivity (Wildman–Crippen MR) is 77.7 cm³/mol. The molecule has 0 fully saturated rings. The zero-order chi connectivity index (χ0) is 13.7. The quantitative estimate of drug-likeness (QED) is 0.850. The van der Waals surface area contributed by atoms with E-state index in [0.717, 1.165) is 18.4 Å². The fourth-order valence-electron chi connectivity index (χ4n) is 2.43. The Morgan fingerprint density at radius 1 is 1.05 bits per heavy atom. The molecular formula is C17H20FN. The molecule has 0 heterocycles. The lowest BCUT2D eigenvalue weighted by molar-refractivity contribution is 0.616.